The van der Waals surface area contributed by atoms with Crippen LogP contribution in [0, 0.1) is 11.8 Å². The third-order valence-corrected chi connectivity index (χ3v) is 9.33. The van der Waals surface area contributed by atoms with Crippen molar-refractivity contribution in [3.8, 4) is 0 Å². The molecule has 2 aromatic carbocycles. The van der Waals surface area contributed by atoms with E-state index in [1.165, 1.54) is 4.90 Å². The molecular weight excluding hydrogens is 582 g/mol. The van der Waals surface area contributed by atoms with Gasteiger partial charge in [0.2, 0.25) is 5.91 Å². The first-order chi connectivity index (χ1) is 21.3. The monoisotopic (exact) mass is 623 g/mol. The van der Waals surface area contributed by atoms with Crippen molar-refractivity contribution in [2.24, 2.45) is 11.8 Å². The topological polar surface area (TPSA) is 102 Å². The van der Waals surface area contributed by atoms with Gasteiger partial charge >= 0.3 is 12.1 Å². The van der Waals surface area contributed by atoms with Crippen LogP contribution in [0.4, 0.5) is 15.3 Å². The van der Waals surface area contributed by atoms with Crippen molar-refractivity contribution in [3.05, 3.63) is 64.7 Å². The van der Waals surface area contributed by atoms with Gasteiger partial charge in [0.1, 0.15) is 6.61 Å². The zero-order valence-corrected chi connectivity index (χ0v) is 26.1. The zero-order valence-electron chi connectivity index (χ0n) is 25.4. The number of urea groups is 1. The Balaban J connectivity index is 1.00. The van der Waals surface area contributed by atoms with Crippen LogP contribution >= 0.6 is 11.6 Å². The SMILES string of the molecule is CN(CCC1CCN(C(=O)OCc2ccccc2)CC1)CC1CCN(C(=O)c2ccc(Cl)c(N3CCC(=O)NC3=O)c2)CC1. The van der Waals surface area contributed by atoms with Crippen molar-refractivity contribution < 1.29 is 23.9 Å². The number of nitrogens with zero attached hydrogens (tertiary/aromatic N) is 4. The molecular formula is C33H42ClN5O5. The van der Waals surface area contributed by atoms with Gasteiger partial charge in [0.05, 0.1) is 10.7 Å². The molecule has 5 amide bonds. The summed E-state index contributed by atoms with van der Waals surface area (Å²) in [4.78, 5) is 57.2. The van der Waals surface area contributed by atoms with Crippen molar-refractivity contribution in [2.45, 2.75) is 45.1 Å². The number of hydrogen-bond donors (Lipinski definition) is 1. The van der Waals surface area contributed by atoms with Crippen LogP contribution in [-0.4, -0.2) is 91.5 Å². The van der Waals surface area contributed by atoms with Gasteiger partial charge in [0.25, 0.3) is 5.91 Å². The summed E-state index contributed by atoms with van der Waals surface area (Å²) in [5.41, 5.74) is 1.92. The van der Waals surface area contributed by atoms with Crippen molar-refractivity contribution in [3.63, 3.8) is 0 Å². The number of anilines is 1. The van der Waals surface area contributed by atoms with Gasteiger partial charge in [-0.1, -0.05) is 41.9 Å². The van der Waals surface area contributed by atoms with E-state index < -0.39 is 6.03 Å². The number of nitrogens with one attached hydrogen (secondary N) is 1. The first-order valence-corrected chi connectivity index (χ1v) is 16.0. The minimum absolute atomic E-state index is 0.0708. The summed E-state index contributed by atoms with van der Waals surface area (Å²) in [6.45, 7) is 5.42. The number of amides is 5. The molecule has 0 aliphatic carbocycles. The fourth-order valence-corrected chi connectivity index (χ4v) is 6.52. The van der Waals surface area contributed by atoms with Crippen LogP contribution < -0.4 is 10.2 Å². The fraction of sp³-hybridized carbons (Fsp3) is 0.515. The van der Waals surface area contributed by atoms with Crippen LogP contribution in [0.15, 0.2) is 48.5 Å². The Hall–Kier alpha value is -3.63. The van der Waals surface area contributed by atoms with Crippen LogP contribution in [0.1, 0.15) is 54.4 Å². The molecule has 2 aromatic rings. The highest BCUT2D eigenvalue weighted by Crippen LogP contribution is 2.30. The second-order valence-electron chi connectivity index (χ2n) is 12.2. The number of benzene rings is 2. The third kappa shape index (κ3) is 8.30. The average molecular weight is 624 g/mol. The number of rotatable bonds is 9. The lowest BCUT2D eigenvalue weighted by Crippen LogP contribution is -2.49. The van der Waals surface area contributed by atoms with E-state index in [1.807, 2.05) is 40.1 Å². The Morgan fingerprint density at radius 3 is 2.32 bits per heavy atom. The number of piperidine rings is 2. The molecule has 236 valence electrons. The number of ether oxygens (including phenoxy) is 1. The molecule has 44 heavy (non-hydrogen) atoms. The van der Waals surface area contributed by atoms with Crippen molar-refractivity contribution in [2.75, 3.05) is 57.8 Å². The maximum atomic E-state index is 13.3. The van der Waals surface area contributed by atoms with Crippen molar-refractivity contribution >= 4 is 41.2 Å². The number of imide groups is 1. The first-order valence-electron chi connectivity index (χ1n) is 15.6. The van der Waals surface area contributed by atoms with E-state index in [9.17, 15) is 19.2 Å². The molecule has 0 unspecified atom stereocenters. The molecule has 3 aliphatic heterocycles. The van der Waals surface area contributed by atoms with Gasteiger partial charge in [0, 0.05) is 51.3 Å². The summed E-state index contributed by atoms with van der Waals surface area (Å²) in [5, 5.41) is 2.66. The Morgan fingerprint density at radius 1 is 0.932 bits per heavy atom. The Kier molecular flexibility index (Phi) is 10.8. The molecule has 3 heterocycles. The lowest BCUT2D eigenvalue weighted by molar-refractivity contribution is -0.120. The molecule has 11 heteroatoms. The van der Waals surface area contributed by atoms with Gasteiger partial charge in [-0.15, -0.1) is 0 Å². The lowest BCUT2D eigenvalue weighted by Gasteiger charge is -2.35. The number of carbonyl (C=O) groups excluding carboxylic acids is 4. The van der Waals surface area contributed by atoms with Gasteiger partial charge in [0.15, 0.2) is 0 Å². The summed E-state index contributed by atoms with van der Waals surface area (Å²) in [7, 11) is 2.17. The number of halogens is 1. The summed E-state index contributed by atoms with van der Waals surface area (Å²) in [6, 6.07) is 14.2. The van der Waals surface area contributed by atoms with Crippen LogP contribution in [0.3, 0.4) is 0 Å². The van der Waals surface area contributed by atoms with Crippen LogP contribution in [0.2, 0.25) is 5.02 Å². The highest BCUT2D eigenvalue weighted by atomic mass is 35.5. The van der Waals surface area contributed by atoms with Gasteiger partial charge in [-0.3, -0.25) is 19.8 Å². The number of carbonyl (C=O) groups is 4. The van der Waals surface area contributed by atoms with Gasteiger partial charge in [-0.2, -0.15) is 0 Å². The van der Waals surface area contributed by atoms with E-state index in [1.54, 1.807) is 18.2 Å². The summed E-state index contributed by atoms with van der Waals surface area (Å²) >= 11 is 6.36. The maximum Gasteiger partial charge on any atom is 0.410 e. The van der Waals surface area contributed by atoms with E-state index in [4.69, 9.17) is 16.3 Å². The third-order valence-electron chi connectivity index (χ3n) is 9.01. The zero-order chi connectivity index (χ0) is 31.1. The van der Waals surface area contributed by atoms with Crippen molar-refractivity contribution in [1.82, 2.24) is 20.0 Å². The van der Waals surface area contributed by atoms with E-state index >= 15 is 0 Å². The molecule has 1 N–H and O–H groups in total. The van der Waals surface area contributed by atoms with Crippen LogP contribution in [0.25, 0.3) is 0 Å². The van der Waals surface area contributed by atoms with E-state index in [0.717, 1.165) is 63.8 Å². The van der Waals surface area contributed by atoms with E-state index in [0.29, 0.717) is 47.8 Å². The average Bonchev–Trinajstić information content (AvgIpc) is 3.04. The molecule has 3 fully saturated rings. The molecule has 0 saturated carbocycles. The molecule has 5 rings (SSSR count). The van der Waals surface area contributed by atoms with Crippen LogP contribution in [-0.2, 0) is 16.1 Å². The maximum absolute atomic E-state index is 13.3. The van der Waals surface area contributed by atoms with Gasteiger partial charge in [-0.25, -0.2) is 9.59 Å². The van der Waals surface area contributed by atoms with E-state index in [-0.39, 0.29) is 30.9 Å². The summed E-state index contributed by atoms with van der Waals surface area (Å²) in [5.74, 6) is 0.748. The first kappa shape index (κ1) is 31.8. The Labute approximate surface area is 264 Å². The lowest BCUT2D eigenvalue weighted by atomic mass is 9.92. The minimum Gasteiger partial charge on any atom is -0.445 e. The van der Waals surface area contributed by atoms with Gasteiger partial charge in [-0.05, 0) is 81.3 Å². The molecule has 3 saturated heterocycles. The number of hydrogen-bond acceptors (Lipinski definition) is 6. The molecule has 0 bridgehead atoms. The minimum atomic E-state index is -0.526. The molecule has 0 atom stereocenters. The Morgan fingerprint density at radius 2 is 1.61 bits per heavy atom. The molecule has 0 aromatic heterocycles. The highest BCUT2D eigenvalue weighted by molar-refractivity contribution is 6.34. The smallest absolute Gasteiger partial charge is 0.410 e. The highest BCUT2D eigenvalue weighted by Gasteiger charge is 2.29. The predicted octanol–water partition coefficient (Wildman–Crippen LogP) is 5.01. The Bertz CT molecular complexity index is 1330. The van der Waals surface area contributed by atoms with E-state index in [2.05, 4.69) is 17.3 Å². The normalized spacial score (nSPS) is 18.5. The van der Waals surface area contributed by atoms with Crippen molar-refractivity contribution in [1.29, 1.82) is 0 Å². The molecule has 3 aliphatic rings. The second kappa shape index (κ2) is 14.9. The quantitative estimate of drug-likeness (QED) is 0.421. The molecule has 10 nitrogen and oxygen atoms in total. The second-order valence-corrected chi connectivity index (χ2v) is 12.6. The summed E-state index contributed by atoms with van der Waals surface area (Å²) < 4.78 is 5.50. The molecule has 0 spiro atoms. The largest absolute Gasteiger partial charge is 0.445 e. The molecule has 0 radical (unpaired) electrons. The fourth-order valence-electron chi connectivity index (χ4n) is 6.30. The van der Waals surface area contributed by atoms with Crippen LogP contribution in [0.5, 0.6) is 0 Å². The standard InChI is InChI=1S/C33H42ClN5O5/c1-36(15-9-24-10-18-38(19-11-24)33(43)44-23-26-5-3-2-4-6-26)22-25-12-16-37(17-13-25)31(41)27-7-8-28(34)29(21-27)39-20-14-30(40)35-32(39)42/h2-8,21,24-25H,9-20,22-23H2,1H3,(H,35,40,42). The number of likely N-dealkylation sites (tertiary alicyclic amines) is 2. The predicted molar refractivity (Wildman–Crippen MR) is 169 cm³/mol. The van der Waals surface area contributed by atoms with Gasteiger partial charge < -0.3 is 19.4 Å². The summed E-state index contributed by atoms with van der Waals surface area (Å²) in [6.07, 6.45) is 4.96.